The smallest absolute Gasteiger partial charge is 0.335 e. The largest absolute Gasteiger partial charge is 0.364 e. The number of hydrogen-bond acceptors (Lipinski definition) is 9. The number of nitrogens with one attached hydrogen (secondary N) is 1. The van der Waals surface area contributed by atoms with E-state index < -0.39 is 17.8 Å². The lowest BCUT2D eigenvalue weighted by Gasteiger charge is -2.31. The van der Waals surface area contributed by atoms with E-state index in [0.717, 1.165) is 54.2 Å². The Kier molecular flexibility index (Phi) is 25.6. The van der Waals surface area contributed by atoms with Gasteiger partial charge >= 0.3 is 5.97 Å². The van der Waals surface area contributed by atoms with Crippen LogP contribution in [0.2, 0.25) is 0 Å². The fourth-order valence-corrected chi connectivity index (χ4v) is 7.29. The normalized spacial score (nSPS) is 18.1. The molecule has 1 N–H and O–H groups in total. The molecule has 2 aromatic rings. The molecular formula is C54H75N6O6+. The molecule has 12 nitrogen and oxygen atoms in total. The van der Waals surface area contributed by atoms with Crippen LogP contribution >= 0.6 is 0 Å². The quantitative estimate of drug-likeness (QED) is 0.131. The zero-order chi connectivity index (χ0) is 48.8. The summed E-state index contributed by atoms with van der Waals surface area (Å²) in [6.07, 6.45) is 12.8. The number of terminal acetylenes is 1. The number of hydroxylamine groups is 2. The molecule has 0 spiro atoms. The van der Waals surface area contributed by atoms with Crippen LogP contribution in [0.4, 0.5) is 5.69 Å². The van der Waals surface area contributed by atoms with Gasteiger partial charge in [-0.05, 0) is 102 Å². The number of rotatable bonds is 6. The van der Waals surface area contributed by atoms with Crippen LogP contribution in [0.3, 0.4) is 0 Å². The third kappa shape index (κ3) is 19.1. The molecule has 356 valence electrons. The lowest BCUT2D eigenvalue weighted by molar-refractivity contribution is -0.199. The third-order valence-corrected chi connectivity index (χ3v) is 10.7. The molecule has 2 unspecified atom stereocenters. The maximum absolute atomic E-state index is 11.0. The van der Waals surface area contributed by atoms with Crippen molar-refractivity contribution < 1.29 is 28.8 Å². The average Bonchev–Trinajstić information content (AvgIpc) is 3.66. The highest BCUT2D eigenvalue weighted by molar-refractivity contribution is 6.13. The number of nitrogens with zero attached hydrogens (tertiary/aromatic N) is 5. The molecule has 2 fully saturated rings. The van der Waals surface area contributed by atoms with Crippen molar-refractivity contribution in [2.24, 2.45) is 40.6 Å². The van der Waals surface area contributed by atoms with Crippen molar-refractivity contribution in [3.63, 3.8) is 0 Å². The number of benzene rings is 2. The first-order valence-corrected chi connectivity index (χ1v) is 22.8. The number of fused-ring (bicyclic) bond motifs is 3. The molecule has 66 heavy (non-hydrogen) atoms. The highest BCUT2D eigenvalue weighted by Crippen LogP contribution is 2.56. The van der Waals surface area contributed by atoms with Crippen molar-refractivity contribution in [1.29, 1.82) is 5.53 Å². The lowest BCUT2D eigenvalue weighted by atomic mass is 10.0. The van der Waals surface area contributed by atoms with E-state index >= 15 is 0 Å². The highest BCUT2D eigenvalue weighted by atomic mass is 16.7. The van der Waals surface area contributed by atoms with Crippen LogP contribution in [0.1, 0.15) is 146 Å². The van der Waals surface area contributed by atoms with E-state index in [1.54, 1.807) is 13.8 Å². The van der Waals surface area contributed by atoms with Crippen LogP contribution in [-0.4, -0.2) is 57.7 Å². The first kappa shape index (κ1) is 57.7. The van der Waals surface area contributed by atoms with Crippen LogP contribution in [0.25, 0.3) is 0 Å². The van der Waals surface area contributed by atoms with Gasteiger partial charge in [0.25, 0.3) is 23.6 Å². The van der Waals surface area contributed by atoms with Crippen molar-refractivity contribution in [3.05, 3.63) is 77.4 Å². The molecule has 2 aromatic carbocycles. The van der Waals surface area contributed by atoms with Crippen LogP contribution in [0.15, 0.2) is 65.8 Å². The molecule has 4 amide bonds. The zero-order valence-corrected chi connectivity index (χ0v) is 40.7. The Bertz CT molecular complexity index is 2140. The maximum Gasteiger partial charge on any atom is 0.335 e. The number of carbonyl (C=O) groups excluding carboxylic acids is 5. The number of anilines is 1. The van der Waals surface area contributed by atoms with Crippen molar-refractivity contribution in [1.82, 2.24) is 14.9 Å². The van der Waals surface area contributed by atoms with E-state index in [2.05, 4.69) is 126 Å². The van der Waals surface area contributed by atoms with Gasteiger partial charge in [0.05, 0.1) is 11.6 Å². The van der Waals surface area contributed by atoms with Gasteiger partial charge in [-0.25, -0.2) is 4.79 Å². The van der Waals surface area contributed by atoms with E-state index in [4.69, 9.17) is 12.0 Å². The molecule has 0 radical (unpaired) electrons. The van der Waals surface area contributed by atoms with Crippen molar-refractivity contribution in [2.75, 3.05) is 4.90 Å². The summed E-state index contributed by atoms with van der Waals surface area (Å²) in [7, 11) is 0. The van der Waals surface area contributed by atoms with Crippen LogP contribution < -0.4 is 9.81 Å². The molecule has 0 aromatic heterocycles. The van der Waals surface area contributed by atoms with Crippen LogP contribution in [0.5, 0.6) is 0 Å². The highest BCUT2D eigenvalue weighted by Gasteiger charge is 2.49. The standard InChI is InChI=1S/C18H17N.C12H18.C8H11NO4.C7H9NO2.C5H8.C3H8N3.CH4/c1-14(2)19-13-17-9-4-3-7-15(17)11-12-16-8-5-6-10-18(16)19;1-9(2)12-10-7-5-3-4-6-8-11(10)12;1-5(2)8(12)13-9-6(10)3-4-7(9)11;1-5(2)8-6(9)3-4-7(8)10;1-4-5(2)3;1-3(2)5-6-4;/h3-10,14H,13H2,1-2H3;9-12H,5-8H2,1-2H3;5H,3-4H2,1-2H3;3-5H,1-2H3;1,5H,2-3H3;3-4H,1-2H3;1H4/q;;;;;+1;. The third-order valence-electron chi connectivity index (χ3n) is 10.7. The van der Waals surface area contributed by atoms with Gasteiger partial charge in [-0.3, -0.25) is 24.1 Å². The molecular weight excluding hydrogens is 829 g/mol. The summed E-state index contributed by atoms with van der Waals surface area (Å²) < 4.78 is 0. The second-order valence-corrected chi connectivity index (χ2v) is 18.0. The first-order valence-electron chi connectivity index (χ1n) is 22.8. The van der Waals surface area contributed by atoms with Gasteiger partial charge in [0, 0.05) is 73.5 Å². The monoisotopic (exact) mass is 904 g/mol. The predicted octanol–water partition coefficient (Wildman–Crippen LogP) is 10.3. The van der Waals surface area contributed by atoms with Crippen molar-refractivity contribution >= 4 is 35.3 Å². The molecule has 12 heteroatoms. The van der Waals surface area contributed by atoms with Gasteiger partial charge in [0.1, 0.15) is 16.7 Å². The number of amides is 4. The molecule has 0 bridgehead atoms. The van der Waals surface area contributed by atoms with E-state index in [0.29, 0.717) is 17.0 Å². The fourth-order valence-electron chi connectivity index (χ4n) is 7.29. The Morgan fingerprint density at radius 3 is 1.67 bits per heavy atom. The molecule has 7 rings (SSSR count). The minimum Gasteiger partial charge on any atom is -0.364 e. The minimum absolute atomic E-state index is 0. The molecule has 1 saturated carbocycles. The summed E-state index contributed by atoms with van der Waals surface area (Å²) in [6.45, 7) is 24.7. The number of para-hydroxylation sites is 1. The lowest BCUT2D eigenvalue weighted by Crippen LogP contribution is -2.36. The Morgan fingerprint density at radius 2 is 1.26 bits per heavy atom. The van der Waals surface area contributed by atoms with Gasteiger partial charge in [0.15, 0.2) is 0 Å². The zero-order valence-electron chi connectivity index (χ0n) is 40.7. The fraction of sp³-hybridized carbons (Fsp3) is 0.537. The van der Waals surface area contributed by atoms with Crippen molar-refractivity contribution in [2.45, 2.75) is 154 Å². The summed E-state index contributed by atoms with van der Waals surface area (Å²) in [6, 6.07) is 17.4. The topological polar surface area (TPSA) is 155 Å². The second-order valence-electron chi connectivity index (χ2n) is 18.0. The molecule has 1 saturated heterocycles. The van der Waals surface area contributed by atoms with E-state index in [-0.39, 0.29) is 50.1 Å². The maximum atomic E-state index is 11.0. The van der Waals surface area contributed by atoms with Gasteiger partial charge in [-0.2, -0.15) is 0 Å². The SMILES string of the molecule is C.C#CC(C)C.CC(C)C(=O)ON1C(=O)CCC1=O.CC(C)C1C2CCC#CCCC21.CC(C)N1C(=O)C=CC1=O.CC(C)N1Cc2ccccc2C#Cc2ccccc21.CC(C)N=[N+]=N. The predicted molar refractivity (Wildman–Crippen MR) is 263 cm³/mol. The Labute approximate surface area is 395 Å². The van der Waals surface area contributed by atoms with E-state index in [1.807, 2.05) is 41.5 Å². The number of carbonyl (C=O) groups is 5. The molecule has 3 heterocycles. The van der Waals surface area contributed by atoms with Gasteiger partial charge in [-0.1, -0.05) is 91.1 Å². The van der Waals surface area contributed by atoms with Gasteiger partial charge in [-0.15, -0.1) is 29.2 Å². The summed E-state index contributed by atoms with van der Waals surface area (Å²) in [5, 5.41) is 3.97. The summed E-state index contributed by atoms with van der Waals surface area (Å²) in [5.74, 6) is 17.9. The van der Waals surface area contributed by atoms with Gasteiger partial charge < -0.3 is 9.74 Å². The Hall–Kier alpha value is -6.28. The molecule has 2 atom stereocenters. The average molecular weight is 904 g/mol. The van der Waals surface area contributed by atoms with Crippen LogP contribution in [-0.2, 0) is 35.4 Å². The van der Waals surface area contributed by atoms with Gasteiger partial charge in [0.2, 0.25) is 4.91 Å². The van der Waals surface area contributed by atoms with E-state index in [9.17, 15) is 24.0 Å². The first-order chi connectivity index (χ1) is 30.7. The Morgan fingerprint density at radius 1 is 0.773 bits per heavy atom. The summed E-state index contributed by atoms with van der Waals surface area (Å²) in [4.78, 5) is 65.7. The van der Waals surface area contributed by atoms with Crippen LogP contribution in [0, 0.1) is 77.1 Å². The molecule has 3 aliphatic heterocycles. The second kappa shape index (κ2) is 29.3. The molecule has 2 aliphatic carbocycles. The summed E-state index contributed by atoms with van der Waals surface area (Å²) in [5.41, 5.74) is 11.0. The minimum atomic E-state index is -0.566. The Balaban J connectivity index is 0.000000416. The number of imide groups is 2. The van der Waals surface area contributed by atoms with Crippen molar-refractivity contribution in [3.8, 4) is 36.0 Å². The molecule has 5 aliphatic rings. The summed E-state index contributed by atoms with van der Waals surface area (Å²) >= 11 is 0. The van der Waals surface area contributed by atoms with E-state index in [1.165, 1.54) is 41.1 Å². The number of hydrogen-bond donors (Lipinski definition) is 1.